The number of halogens is 1. The molecule has 116 valence electrons. The van der Waals surface area contributed by atoms with Gasteiger partial charge < -0.3 is 20.1 Å². The molecule has 2 N–H and O–H groups in total. The Morgan fingerprint density at radius 2 is 2.29 bits per heavy atom. The number of ether oxygens (including phenoxy) is 2. The number of methoxy groups -OCH3 is 1. The molecular formula is C15H21ClN2O3. The van der Waals surface area contributed by atoms with Crippen molar-refractivity contribution in [3.8, 4) is 5.75 Å². The average Bonchev–Trinajstić information content (AvgIpc) is 2.49. The molecule has 0 aliphatic carbocycles. The van der Waals surface area contributed by atoms with Crippen molar-refractivity contribution < 1.29 is 14.3 Å². The van der Waals surface area contributed by atoms with Gasteiger partial charge in [0.05, 0.1) is 6.61 Å². The van der Waals surface area contributed by atoms with Crippen molar-refractivity contribution in [1.29, 1.82) is 0 Å². The summed E-state index contributed by atoms with van der Waals surface area (Å²) in [4.78, 5) is 11.5. The number of benzene rings is 1. The highest BCUT2D eigenvalue weighted by Crippen LogP contribution is 2.26. The van der Waals surface area contributed by atoms with Gasteiger partial charge in [0.25, 0.3) is 5.91 Å². The minimum absolute atomic E-state index is 0.0563. The zero-order valence-corrected chi connectivity index (χ0v) is 12.9. The fourth-order valence-corrected chi connectivity index (χ4v) is 1.85. The molecule has 0 bridgehead atoms. The summed E-state index contributed by atoms with van der Waals surface area (Å²) in [5.74, 6) is 0.398. The Morgan fingerprint density at radius 3 is 3.00 bits per heavy atom. The molecule has 0 aliphatic rings. The summed E-state index contributed by atoms with van der Waals surface area (Å²) < 4.78 is 10.5. The maximum atomic E-state index is 11.5. The summed E-state index contributed by atoms with van der Waals surface area (Å²) in [6.07, 6.45) is 1.61. The van der Waals surface area contributed by atoms with Crippen LogP contribution in [0.5, 0.6) is 5.75 Å². The Labute approximate surface area is 130 Å². The zero-order chi connectivity index (χ0) is 15.5. The summed E-state index contributed by atoms with van der Waals surface area (Å²) >= 11 is 6.18. The van der Waals surface area contributed by atoms with Gasteiger partial charge in [0.2, 0.25) is 0 Å². The molecule has 0 aliphatic heterocycles. The Hall–Kier alpha value is -1.56. The lowest BCUT2D eigenvalue weighted by atomic mass is 10.2. The summed E-state index contributed by atoms with van der Waals surface area (Å²) in [6.45, 7) is 5.77. The van der Waals surface area contributed by atoms with Crippen molar-refractivity contribution in [1.82, 2.24) is 10.6 Å². The van der Waals surface area contributed by atoms with E-state index >= 15 is 0 Å². The number of hydrogen-bond donors (Lipinski definition) is 2. The van der Waals surface area contributed by atoms with Crippen LogP contribution >= 0.6 is 11.6 Å². The second kappa shape index (κ2) is 10.2. The van der Waals surface area contributed by atoms with Crippen molar-refractivity contribution >= 4 is 17.5 Å². The van der Waals surface area contributed by atoms with E-state index in [1.54, 1.807) is 31.4 Å². The standard InChI is InChI=1S/C15H21ClN2O3/c1-3-7-18-15(19)11-21-14-6-4-5-13(16)12(14)10-17-8-9-20-2/h3-6,17H,1,7-11H2,2H3,(H,18,19). The Bertz CT molecular complexity index is 466. The minimum atomic E-state index is -0.201. The highest BCUT2D eigenvalue weighted by atomic mass is 35.5. The molecule has 0 radical (unpaired) electrons. The van der Waals surface area contributed by atoms with Gasteiger partial charge in [0.1, 0.15) is 5.75 Å². The van der Waals surface area contributed by atoms with Crippen LogP contribution in [0, 0.1) is 0 Å². The van der Waals surface area contributed by atoms with Crippen molar-refractivity contribution in [2.75, 3.05) is 33.4 Å². The van der Waals surface area contributed by atoms with Gasteiger partial charge in [-0.25, -0.2) is 0 Å². The highest BCUT2D eigenvalue weighted by molar-refractivity contribution is 6.31. The normalized spacial score (nSPS) is 10.2. The van der Waals surface area contributed by atoms with Crippen LogP contribution < -0.4 is 15.4 Å². The van der Waals surface area contributed by atoms with Gasteiger partial charge in [0.15, 0.2) is 6.61 Å². The van der Waals surface area contributed by atoms with E-state index in [1.165, 1.54) is 0 Å². The smallest absolute Gasteiger partial charge is 0.258 e. The second-order valence-corrected chi connectivity index (χ2v) is 4.67. The van der Waals surface area contributed by atoms with E-state index in [4.69, 9.17) is 21.1 Å². The van der Waals surface area contributed by atoms with Crippen LogP contribution in [0.15, 0.2) is 30.9 Å². The lowest BCUT2D eigenvalue weighted by Crippen LogP contribution is -2.29. The van der Waals surface area contributed by atoms with Gasteiger partial charge >= 0.3 is 0 Å². The van der Waals surface area contributed by atoms with E-state index in [9.17, 15) is 4.79 Å². The number of nitrogens with one attached hydrogen (secondary N) is 2. The molecule has 1 rings (SSSR count). The van der Waals surface area contributed by atoms with Crippen LogP contribution in [0.3, 0.4) is 0 Å². The molecule has 0 spiro atoms. The maximum absolute atomic E-state index is 11.5. The third kappa shape index (κ3) is 6.62. The van der Waals surface area contributed by atoms with Crippen molar-refractivity contribution in [3.63, 3.8) is 0 Å². The molecule has 1 amide bonds. The lowest BCUT2D eigenvalue weighted by molar-refractivity contribution is -0.122. The van der Waals surface area contributed by atoms with Crippen LogP contribution in [-0.2, 0) is 16.1 Å². The van der Waals surface area contributed by atoms with Crippen LogP contribution in [0.1, 0.15) is 5.56 Å². The molecular weight excluding hydrogens is 292 g/mol. The molecule has 1 aromatic carbocycles. The third-order valence-electron chi connectivity index (χ3n) is 2.66. The quantitative estimate of drug-likeness (QED) is 0.510. The monoisotopic (exact) mass is 312 g/mol. The Balaban J connectivity index is 2.57. The van der Waals surface area contributed by atoms with E-state index in [0.717, 1.165) is 5.56 Å². The molecule has 0 heterocycles. The minimum Gasteiger partial charge on any atom is -0.483 e. The Morgan fingerprint density at radius 1 is 1.48 bits per heavy atom. The van der Waals surface area contributed by atoms with Gasteiger partial charge in [-0.05, 0) is 12.1 Å². The van der Waals surface area contributed by atoms with Crippen LogP contribution in [0.4, 0.5) is 0 Å². The lowest BCUT2D eigenvalue weighted by Gasteiger charge is -2.13. The van der Waals surface area contributed by atoms with Crippen molar-refractivity contribution in [2.24, 2.45) is 0 Å². The zero-order valence-electron chi connectivity index (χ0n) is 12.2. The number of carbonyl (C=O) groups excluding carboxylic acids is 1. The topological polar surface area (TPSA) is 59.6 Å². The molecule has 0 fully saturated rings. The molecule has 0 atom stereocenters. The molecule has 0 aromatic heterocycles. The Kier molecular flexibility index (Phi) is 8.50. The summed E-state index contributed by atoms with van der Waals surface area (Å²) in [6, 6.07) is 5.37. The summed E-state index contributed by atoms with van der Waals surface area (Å²) in [5.41, 5.74) is 0.826. The van der Waals surface area contributed by atoms with E-state index < -0.39 is 0 Å². The van der Waals surface area contributed by atoms with Crippen LogP contribution in [-0.4, -0.2) is 39.3 Å². The third-order valence-corrected chi connectivity index (χ3v) is 3.02. The number of carbonyl (C=O) groups is 1. The summed E-state index contributed by atoms with van der Waals surface area (Å²) in [5, 5.41) is 6.45. The number of amides is 1. The fourth-order valence-electron chi connectivity index (χ4n) is 1.61. The molecule has 0 unspecified atom stereocenters. The fraction of sp³-hybridized carbons (Fsp3) is 0.400. The highest BCUT2D eigenvalue weighted by Gasteiger charge is 2.09. The maximum Gasteiger partial charge on any atom is 0.258 e. The first-order chi connectivity index (χ1) is 10.2. The van der Waals surface area contributed by atoms with Gasteiger partial charge in [-0.1, -0.05) is 23.7 Å². The van der Waals surface area contributed by atoms with Crippen LogP contribution in [0.25, 0.3) is 0 Å². The SMILES string of the molecule is C=CCNC(=O)COc1cccc(Cl)c1CNCCOC. The van der Waals surface area contributed by atoms with E-state index in [2.05, 4.69) is 17.2 Å². The molecule has 6 heteroatoms. The first-order valence-electron chi connectivity index (χ1n) is 6.66. The molecule has 0 saturated heterocycles. The second-order valence-electron chi connectivity index (χ2n) is 4.27. The summed E-state index contributed by atoms with van der Waals surface area (Å²) in [7, 11) is 1.65. The predicted octanol–water partition coefficient (Wildman–Crippen LogP) is 1.76. The molecule has 0 saturated carbocycles. The largest absolute Gasteiger partial charge is 0.483 e. The van der Waals surface area contributed by atoms with E-state index in [0.29, 0.717) is 37.0 Å². The van der Waals surface area contributed by atoms with Crippen molar-refractivity contribution in [3.05, 3.63) is 41.4 Å². The van der Waals surface area contributed by atoms with Gasteiger partial charge in [0, 0.05) is 37.3 Å². The number of rotatable bonds is 10. The average molecular weight is 313 g/mol. The number of hydrogen-bond acceptors (Lipinski definition) is 4. The predicted molar refractivity (Wildman–Crippen MR) is 83.7 cm³/mol. The van der Waals surface area contributed by atoms with Gasteiger partial charge in [-0.3, -0.25) is 4.79 Å². The molecule has 5 nitrogen and oxygen atoms in total. The van der Waals surface area contributed by atoms with E-state index in [1.807, 2.05) is 0 Å². The molecule has 21 heavy (non-hydrogen) atoms. The molecule has 1 aromatic rings. The van der Waals surface area contributed by atoms with Gasteiger partial charge in [-0.2, -0.15) is 0 Å². The first-order valence-corrected chi connectivity index (χ1v) is 7.04. The van der Waals surface area contributed by atoms with Crippen molar-refractivity contribution in [2.45, 2.75) is 6.54 Å². The van der Waals surface area contributed by atoms with Crippen LogP contribution in [0.2, 0.25) is 5.02 Å². The van der Waals surface area contributed by atoms with Gasteiger partial charge in [-0.15, -0.1) is 6.58 Å². The van der Waals surface area contributed by atoms with E-state index in [-0.39, 0.29) is 12.5 Å². The first kappa shape index (κ1) is 17.5.